The summed E-state index contributed by atoms with van der Waals surface area (Å²) < 4.78 is 11.5. The van der Waals surface area contributed by atoms with Crippen molar-refractivity contribution < 1.29 is 34.1 Å². The lowest BCUT2D eigenvalue weighted by Crippen LogP contribution is -2.33. The third-order valence-corrected chi connectivity index (χ3v) is 7.85. The molecule has 40 heavy (non-hydrogen) atoms. The van der Waals surface area contributed by atoms with Crippen molar-refractivity contribution in [3.8, 4) is 11.5 Å². The molecule has 1 aliphatic carbocycles. The zero-order valence-electron chi connectivity index (χ0n) is 23.6. The maximum atomic E-state index is 11.8. The monoisotopic (exact) mass is 574 g/mol. The van der Waals surface area contributed by atoms with Crippen LogP contribution in [0.4, 0.5) is 4.79 Å². The molecule has 0 radical (unpaired) electrons. The average molecular weight is 575 g/mol. The number of nitrogens with zero attached hydrogens (tertiary/aromatic N) is 2. The van der Waals surface area contributed by atoms with Crippen LogP contribution in [-0.2, 0) is 16.1 Å². The van der Waals surface area contributed by atoms with Crippen LogP contribution in [0, 0.1) is 11.3 Å². The van der Waals surface area contributed by atoms with Crippen LogP contribution in [0.5, 0.6) is 11.5 Å². The van der Waals surface area contributed by atoms with Crippen molar-refractivity contribution in [1.29, 1.82) is 0 Å². The largest absolute Gasteiger partial charge is 0.503 e. The topological polar surface area (TPSA) is 117 Å². The van der Waals surface area contributed by atoms with Gasteiger partial charge in [0.25, 0.3) is 0 Å². The second-order valence-electron chi connectivity index (χ2n) is 10.9. The Balaban J connectivity index is 0.00000103. The van der Waals surface area contributed by atoms with Crippen LogP contribution in [0.3, 0.4) is 0 Å². The highest BCUT2D eigenvalue weighted by Gasteiger charge is 2.46. The number of amides is 2. The maximum absolute atomic E-state index is 11.8. The van der Waals surface area contributed by atoms with Crippen LogP contribution >= 0.6 is 11.6 Å². The van der Waals surface area contributed by atoms with Crippen LogP contribution in [0.15, 0.2) is 42.5 Å². The fourth-order valence-electron chi connectivity index (χ4n) is 5.15. The van der Waals surface area contributed by atoms with Crippen molar-refractivity contribution in [3.63, 3.8) is 0 Å². The highest BCUT2D eigenvalue weighted by molar-refractivity contribution is 6.30. The van der Waals surface area contributed by atoms with E-state index in [0.717, 1.165) is 30.1 Å². The lowest BCUT2D eigenvalue weighted by molar-refractivity contribution is -0.138. The van der Waals surface area contributed by atoms with Crippen LogP contribution in [0.2, 0.25) is 5.02 Å². The Morgan fingerprint density at radius 2 is 1.70 bits per heavy atom. The first-order valence-electron chi connectivity index (χ1n) is 13.5. The van der Waals surface area contributed by atoms with Crippen molar-refractivity contribution in [2.45, 2.75) is 59.0 Å². The van der Waals surface area contributed by atoms with Crippen LogP contribution in [0.1, 0.15) is 63.6 Å². The fraction of sp³-hybridized carbons (Fsp3) is 0.500. The molecular formula is C30H39ClN2O7. The number of halogens is 1. The van der Waals surface area contributed by atoms with E-state index < -0.39 is 6.16 Å². The molecule has 2 N–H and O–H groups in total. The lowest BCUT2D eigenvalue weighted by Gasteiger charge is -2.32. The number of hydrogen-bond donors (Lipinski definition) is 2. The van der Waals surface area contributed by atoms with Gasteiger partial charge in [0, 0.05) is 37.0 Å². The Labute approximate surface area is 240 Å². The standard InChI is InChI=1S/C29H37ClN2O4.CH2O3/c1-5-24(21-7-9-23(30)10-8-21)31(19-22-17-29(22,2)3)18-20-6-11-25(26(16-20)35-4)36-15-14-32-27(33)12-13-28(32)34;2-1(3)4/h6-11,16,22,24H,5,12-15,17-19H2,1-4H3;(H2,2,3,4)/t22-,24+;/m1./s1. The van der Waals surface area contributed by atoms with Crippen LogP contribution in [0.25, 0.3) is 0 Å². The molecule has 2 fully saturated rings. The molecule has 1 saturated carbocycles. The minimum absolute atomic E-state index is 0.129. The summed E-state index contributed by atoms with van der Waals surface area (Å²) in [5.41, 5.74) is 2.82. The lowest BCUT2D eigenvalue weighted by atomic mass is 10.0. The normalized spacial score (nSPS) is 18.2. The molecule has 2 aromatic rings. The number of likely N-dealkylation sites (tertiary alicyclic amines) is 1. The smallest absolute Gasteiger partial charge is 0.493 e. The van der Waals surface area contributed by atoms with Gasteiger partial charge in [-0.3, -0.25) is 19.4 Å². The number of carboxylic acid groups (broad SMARTS) is 2. The zero-order chi connectivity index (χ0) is 29.4. The van der Waals surface area contributed by atoms with Crippen molar-refractivity contribution in [2.75, 3.05) is 26.8 Å². The molecule has 0 bridgehead atoms. The van der Waals surface area contributed by atoms with E-state index in [-0.39, 0.29) is 31.0 Å². The summed E-state index contributed by atoms with van der Waals surface area (Å²) in [5.74, 6) is 1.68. The predicted octanol–water partition coefficient (Wildman–Crippen LogP) is 6.10. The van der Waals surface area contributed by atoms with Gasteiger partial charge in [-0.2, -0.15) is 0 Å². The van der Waals surface area contributed by atoms with E-state index in [1.165, 1.54) is 16.9 Å². The fourth-order valence-corrected chi connectivity index (χ4v) is 5.27. The summed E-state index contributed by atoms with van der Waals surface area (Å²) in [6.45, 7) is 9.25. The first-order chi connectivity index (χ1) is 18.9. The molecule has 4 rings (SSSR count). The number of ether oxygens (including phenoxy) is 2. The molecule has 1 saturated heterocycles. The van der Waals surface area contributed by atoms with Gasteiger partial charge in [-0.1, -0.05) is 50.6 Å². The van der Waals surface area contributed by atoms with Crippen molar-refractivity contribution in [1.82, 2.24) is 9.80 Å². The number of carbonyl (C=O) groups is 3. The summed E-state index contributed by atoms with van der Waals surface area (Å²) in [6.07, 6.45) is 1.00. The van der Waals surface area contributed by atoms with E-state index in [1.54, 1.807) is 7.11 Å². The van der Waals surface area contributed by atoms with Gasteiger partial charge in [0.2, 0.25) is 11.8 Å². The molecule has 2 aromatic carbocycles. The van der Waals surface area contributed by atoms with E-state index in [1.807, 2.05) is 24.3 Å². The summed E-state index contributed by atoms with van der Waals surface area (Å²) in [6, 6.07) is 14.5. The van der Waals surface area contributed by atoms with E-state index in [9.17, 15) is 9.59 Å². The SMILES string of the molecule is CC[C@@H](c1ccc(Cl)cc1)N(Cc1ccc(OCCN2C(=O)CCC2=O)c(OC)c1)C[C@H]1CC1(C)C.O=C(O)O. The molecule has 1 aliphatic heterocycles. The predicted molar refractivity (Wildman–Crippen MR) is 152 cm³/mol. The molecular weight excluding hydrogens is 536 g/mol. The van der Waals surface area contributed by atoms with Gasteiger partial charge in [-0.15, -0.1) is 0 Å². The van der Waals surface area contributed by atoms with Crippen molar-refractivity contribution >= 4 is 29.6 Å². The van der Waals surface area contributed by atoms with Gasteiger partial charge in [-0.25, -0.2) is 4.79 Å². The van der Waals surface area contributed by atoms with Crippen LogP contribution < -0.4 is 9.47 Å². The number of hydrogen-bond acceptors (Lipinski definition) is 6. The third kappa shape index (κ3) is 8.60. The molecule has 1 heterocycles. The molecule has 0 aromatic heterocycles. The Kier molecular flexibility index (Phi) is 10.8. The maximum Gasteiger partial charge on any atom is 0.503 e. The number of benzene rings is 2. The van der Waals surface area contributed by atoms with Crippen molar-refractivity contribution in [2.24, 2.45) is 11.3 Å². The molecule has 9 nitrogen and oxygen atoms in total. The second kappa shape index (κ2) is 13.9. The second-order valence-corrected chi connectivity index (χ2v) is 11.3. The van der Waals surface area contributed by atoms with Crippen LogP contribution in [-0.4, -0.2) is 64.8 Å². The Bertz CT molecular complexity index is 1170. The summed E-state index contributed by atoms with van der Waals surface area (Å²) in [7, 11) is 1.63. The van der Waals surface area contributed by atoms with Gasteiger partial charge in [0.05, 0.1) is 13.7 Å². The Hall–Kier alpha value is -3.30. The third-order valence-electron chi connectivity index (χ3n) is 7.60. The molecule has 218 valence electrons. The van der Waals surface area contributed by atoms with E-state index in [4.69, 9.17) is 36.1 Å². The molecule has 10 heteroatoms. The van der Waals surface area contributed by atoms with Crippen molar-refractivity contribution in [3.05, 3.63) is 58.6 Å². The molecule has 2 atom stereocenters. The van der Waals surface area contributed by atoms with Gasteiger partial charge < -0.3 is 19.7 Å². The van der Waals surface area contributed by atoms with Gasteiger partial charge >= 0.3 is 6.16 Å². The van der Waals surface area contributed by atoms with Gasteiger partial charge in [0.15, 0.2) is 11.5 Å². The minimum Gasteiger partial charge on any atom is -0.493 e. The summed E-state index contributed by atoms with van der Waals surface area (Å²) in [5, 5.41) is 14.7. The first-order valence-corrected chi connectivity index (χ1v) is 13.9. The van der Waals surface area contributed by atoms with Gasteiger partial charge in [-0.05, 0) is 59.6 Å². The Morgan fingerprint density at radius 1 is 1.10 bits per heavy atom. The first kappa shape index (κ1) is 31.2. The number of rotatable bonds is 12. The average Bonchev–Trinajstić information content (AvgIpc) is 3.38. The summed E-state index contributed by atoms with van der Waals surface area (Å²) >= 11 is 6.16. The van der Waals surface area contributed by atoms with E-state index in [0.29, 0.717) is 35.7 Å². The molecule has 2 amide bonds. The number of carbonyl (C=O) groups excluding carboxylic acids is 2. The number of imide groups is 1. The quantitative estimate of drug-likeness (QED) is 0.292. The highest BCUT2D eigenvalue weighted by atomic mass is 35.5. The minimum atomic E-state index is -1.83. The van der Waals surface area contributed by atoms with E-state index >= 15 is 0 Å². The summed E-state index contributed by atoms with van der Waals surface area (Å²) in [4.78, 5) is 36.1. The van der Waals surface area contributed by atoms with E-state index in [2.05, 4.69) is 43.9 Å². The molecule has 0 unspecified atom stereocenters. The highest BCUT2D eigenvalue weighted by Crippen LogP contribution is 2.52. The number of methoxy groups -OCH3 is 1. The van der Waals surface area contributed by atoms with Gasteiger partial charge in [0.1, 0.15) is 6.61 Å². The molecule has 0 spiro atoms. The molecule has 2 aliphatic rings. The Morgan fingerprint density at radius 3 is 2.23 bits per heavy atom. The zero-order valence-corrected chi connectivity index (χ0v) is 24.3.